The molecule has 0 N–H and O–H groups in total. The van der Waals surface area contributed by atoms with Crippen molar-refractivity contribution in [2.75, 3.05) is 0 Å². The molecule has 0 atom stereocenters. The average Bonchev–Trinajstić information content (AvgIpc) is 0. The fraction of sp³-hybridized carbons (Fsp3) is 0. The van der Waals surface area contributed by atoms with E-state index in [1.807, 2.05) is 0 Å². The van der Waals surface area contributed by atoms with Crippen LogP contribution < -0.4 is 95.5 Å². The molecule has 0 aromatic rings. The van der Waals surface area contributed by atoms with Crippen LogP contribution in [0.4, 0.5) is 0 Å². The first-order chi connectivity index (χ1) is 0. The molecule has 0 saturated heterocycles. The summed E-state index contributed by atoms with van der Waals surface area (Å²) in [7, 11) is 0. The van der Waals surface area contributed by atoms with Crippen LogP contribution in [0.1, 0.15) is 0 Å². The van der Waals surface area contributed by atoms with Crippen molar-refractivity contribution in [2.45, 2.75) is 0 Å². The molecule has 0 aliphatic rings. The van der Waals surface area contributed by atoms with E-state index in [1.54, 1.807) is 0 Å². The Labute approximate surface area is 130 Å². The SMILES string of the molecule is [F-].[F-].[F-].[F-].[F-].[I-].[I-].[I-].[V].[V]. The van der Waals surface area contributed by atoms with Crippen molar-refractivity contribution in [3.63, 3.8) is 0 Å². The van der Waals surface area contributed by atoms with Crippen molar-refractivity contribution >= 4 is 0 Å². The monoisotopic (exact) mass is 578 g/mol. The molecule has 0 amide bonds. The van der Waals surface area contributed by atoms with Crippen LogP contribution in [-0.2, 0) is 37.1 Å². The molecule has 0 aromatic heterocycles. The van der Waals surface area contributed by atoms with Crippen LogP contribution in [0.3, 0.4) is 0 Å². The van der Waals surface area contributed by atoms with E-state index in [0.29, 0.717) is 0 Å². The number of hydrogen-bond donors (Lipinski definition) is 0. The summed E-state index contributed by atoms with van der Waals surface area (Å²) in [4.78, 5) is 0. The summed E-state index contributed by atoms with van der Waals surface area (Å²) in [6.45, 7) is 0. The fourth-order valence-electron chi connectivity index (χ4n) is 0. The predicted molar refractivity (Wildman–Crippen MR) is 0 cm³/mol. The maximum absolute atomic E-state index is 0. The molecule has 2 radical (unpaired) electrons. The number of halogens is 8. The molecule has 0 fully saturated rings. The topological polar surface area (TPSA) is 0 Å². The Bertz CT molecular complexity index is 14.9. The summed E-state index contributed by atoms with van der Waals surface area (Å²) < 4.78 is 0. The first kappa shape index (κ1) is 207. The molecule has 0 aromatic carbocycles. The molecule has 10 heteroatoms. The van der Waals surface area contributed by atoms with E-state index < -0.39 is 0 Å². The maximum Gasteiger partial charge on any atom is 0 e. The summed E-state index contributed by atoms with van der Waals surface area (Å²) in [5, 5.41) is 0. The van der Waals surface area contributed by atoms with Gasteiger partial charge in [0.25, 0.3) is 0 Å². The van der Waals surface area contributed by atoms with E-state index in [4.69, 9.17) is 0 Å². The van der Waals surface area contributed by atoms with Crippen molar-refractivity contribution in [2.24, 2.45) is 0 Å². The van der Waals surface area contributed by atoms with Gasteiger partial charge >= 0.3 is 0 Å². The zero-order chi connectivity index (χ0) is 0. The van der Waals surface area contributed by atoms with Gasteiger partial charge in [0.15, 0.2) is 0 Å². The second kappa shape index (κ2) is 161. The fourth-order valence-corrected chi connectivity index (χ4v) is 0. The van der Waals surface area contributed by atoms with Gasteiger partial charge in [0.2, 0.25) is 0 Å². The van der Waals surface area contributed by atoms with E-state index >= 15 is 0 Å². The van der Waals surface area contributed by atoms with Gasteiger partial charge in [-0.1, -0.05) is 0 Å². The summed E-state index contributed by atoms with van der Waals surface area (Å²) in [5.41, 5.74) is 0. The minimum Gasteiger partial charge on any atom is -1.00 e. The van der Waals surface area contributed by atoms with Gasteiger partial charge in [0.05, 0.1) is 0 Å². The second-order valence-corrected chi connectivity index (χ2v) is 0. The Hall–Kier alpha value is 3.01. The third-order valence-electron chi connectivity index (χ3n) is 0. The molecule has 10 heavy (non-hydrogen) atoms. The minimum atomic E-state index is 0. The zero-order valence-electron chi connectivity index (χ0n) is 3.92. The molecule has 0 bridgehead atoms. The van der Waals surface area contributed by atoms with Gasteiger partial charge in [-0.2, -0.15) is 0 Å². The van der Waals surface area contributed by atoms with E-state index in [0.717, 1.165) is 0 Å². The zero-order valence-corrected chi connectivity index (χ0v) is 13.2. The van der Waals surface area contributed by atoms with Gasteiger partial charge < -0.3 is 95.5 Å². The molecule has 74 valence electrons. The van der Waals surface area contributed by atoms with Crippen molar-refractivity contribution in [3.8, 4) is 0 Å². The molecule has 0 nitrogen and oxygen atoms in total. The van der Waals surface area contributed by atoms with Crippen LogP contribution >= 0.6 is 0 Å². The second-order valence-electron chi connectivity index (χ2n) is 0. The smallest absolute Gasteiger partial charge is 0 e. The molecule has 0 unspecified atom stereocenters. The Morgan fingerprint density at radius 2 is 0.300 bits per heavy atom. The van der Waals surface area contributed by atoms with Gasteiger partial charge in [-0.25, -0.2) is 0 Å². The van der Waals surface area contributed by atoms with Crippen LogP contribution in [-0.4, -0.2) is 0 Å². The Morgan fingerprint density at radius 1 is 0.300 bits per heavy atom. The van der Waals surface area contributed by atoms with Crippen LogP contribution in [0, 0.1) is 0 Å². The number of hydrogen-bond acceptors (Lipinski definition) is 0. The van der Waals surface area contributed by atoms with Crippen molar-refractivity contribution in [1.82, 2.24) is 0 Å². The minimum absolute atomic E-state index is 0. The molecule has 0 saturated carbocycles. The van der Waals surface area contributed by atoms with Gasteiger partial charge in [0, 0.05) is 37.1 Å². The normalized spacial score (nSPS) is 0. The van der Waals surface area contributed by atoms with E-state index in [1.165, 1.54) is 0 Å². The van der Waals surface area contributed by atoms with Crippen molar-refractivity contribution in [3.05, 3.63) is 0 Å². The van der Waals surface area contributed by atoms with Crippen LogP contribution in [0.15, 0.2) is 0 Å². The Balaban J connectivity index is 0. The largest absolute Gasteiger partial charge is 1.00 e. The first-order valence-corrected chi connectivity index (χ1v) is 0. The van der Waals surface area contributed by atoms with E-state index in [2.05, 4.69) is 0 Å². The molecule has 0 aliphatic carbocycles. The molecule has 0 spiro atoms. The summed E-state index contributed by atoms with van der Waals surface area (Å²) in [6, 6.07) is 0. The van der Waals surface area contributed by atoms with Crippen molar-refractivity contribution < 1.29 is 133 Å². The molecule has 0 heterocycles. The van der Waals surface area contributed by atoms with Gasteiger partial charge in [-0.3, -0.25) is 0 Å². The third-order valence-corrected chi connectivity index (χ3v) is 0. The van der Waals surface area contributed by atoms with Crippen LogP contribution in [0.5, 0.6) is 0 Å². The van der Waals surface area contributed by atoms with Crippen LogP contribution in [0.25, 0.3) is 0 Å². The van der Waals surface area contributed by atoms with Crippen LogP contribution in [0.2, 0.25) is 0 Å². The average molecular weight is 578 g/mol. The molecular weight excluding hydrogens is 578 g/mol. The standard InChI is InChI=1S/5FH.3HI.2V/h8*1H;;/p-8. The molecule has 0 rings (SSSR count). The van der Waals surface area contributed by atoms with Gasteiger partial charge in [0.1, 0.15) is 0 Å². The summed E-state index contributed by atoms with van der Waals surface area (Å²) >= 11 is 0. The molecular formula is F5I3V2-8. The maximum atomic E-state index is 0. The summed E-state index contributed by atoms with van der Waals surface area (Å²) in [6.07, 6.45) is 0. The first-order valence-electron chi connectivity index (χ1n) is 0. The number of rotatable bonds is 0. The van der Waals surface area contributed by atoms with Crippen molar-refractivity contribution in [1.29, 1.82) is 0 Å². The summed E-state index contributed by atoms with van der Waals surface area (Å²) in [5.74, 6) is 0. The Morgan fingerprint density at radius 3 is 0.300 bits per heavy atom. The predicted octanol–water partition coefficient (Wildman–Crippen LogP) is -24.0. The van der Waals surface area contributed by atoms with E-state index in [-0.39, 0.29) is 133 Å². The van der Waals surface area contributed by atoms with Gasteiger partial charge in [-0.05, 0) is 0 Å². The van der Waals surface area contributed by atoms with Gasteiger partial charge in [-0.15, -0.1) is 0 Å². The Kier molecular flexibility index (Phi) is 3330. The molecule has 0 aliphatic heterocycles. The third kappa shape index (κ3) is 122. The van der Waals surface area contributed by atoms with E-state index in [9.17, 15) is 0 Å². The quantitative estimate of drug-likeness (QED) is 0.198.